The van der Waals surface area contributed by atoms with Gasteiger partial charge in [0.15, 0.2) is 0 Å². The monoisotopic (exact) mass is 259 g/mol. The lowest BCUT2D eigenvalue weighted by Crippen LogP contribution is -2.36. The number of amides is 1. The van der Waals surface area contributed by atoms with Crippen LogP contribution in [0, 0.1) is 5.92 Å². The first-order valence-electron chi connectivity index (χ1n) is 7.35. The minimum atomic E-state index is 0.198. The SMILES string of the molecule is O=C(NCCOc1ccc2c(c1)CCC2)C1CCC1. The van der Waals surface area contributed by atoms with Crippen molar-refractivity contribution < 1.29 is 9.53 Å². The molecule has 0 spiro atoms. The molecule has 1 N–H and O–H groups in total. The van der Waals surface area contributed by atoms with Gasteiger partial charge in [0.1, 0.15) is 12.4 Å². The fraction of sp³-hybridized carbons (Fsp3) is 0.562. The van der Waals surface area contributed by atoms with E-state index < -0.39 is 0 Å². The number of nitrogens with one attached hydrogen (secondary N) is 1. The summed E-state index contributed by atoms with van der Waals surface area (Å²) < 4.78 is 5.70. The molecule has 1 aromatic rings. The van der Waals surface area contributed by atoms with Crippen LogP contribution < -0.4 is 10.1 Å². The Morgan fingerprint density at radius 2 is 2.05 bits per heavy atom. The maximum atomic E-state index is 11.6. The molecular formula is C16H21NO2. The van der Waals surface area contributed by atoms with Gasteiger partial charge in [-0.1, -0.05) is 12.5 Å². The van der Waals surface area contributed by atoms with Gasteiger partial charge in [-0.3, -0.25) is 4.79 Å². The first-order valence-corrected chi connectivity index (χ1v) is 7.35. The van der Waals surface area contributed by atoms with Gasteiger partial charge in [-0.15, -0.1) is 0 Å². The van der Waals surface area contributed by atoms with Gasteiger partial charge in [0.25, 0.3) is 0 Å². The van der Waals surface area contributed by atoms with Gasteiger partial charge in [-0.05, 0) is 55.4 Å². The Labute approximate surface area is 114 Å². The van der Waals surface area contributed by atoms with Crippen LogP contribution in [-0.4, -0.2) is 19.1 Å². The number of rotatable bonds is 5. The molecule has 2 aliphatic rings. The number of fused-ring (bicyclic) bond motifs is 1. The molecule has 0 heterocycles. The highest BCUT2D eigenvalue weighted by atomic mass is 16.5. The Hall–Kier alpha value is -1.51. The fourth-order valence-electron chi connectivity index (χ4n) is 2.80. The zero-order chi connectivity index (χ0) is 13.1. The second-order valence-corrected chi connectivity index (χ2v) is 5.55. The number of hydrogen-bond donors (Lipinski definition) is 1. The van der Waals surface area contributed by atoms with Gasteiger partial charge in [0.05, 0.1) is 6.54 Å². The van der Waals surface area contributed by atoms with Crippen molar-refractivity contribution in [3.8, 4) is 5.75 Å². The molecule has 1 fully saturated rings. The van der Waals surface area contributed by atoms with E-state index in [1.165, 1.54) is 36.8 Å². The summed E-state index contributed by atoms with van der Waals surface area (Å²) >= 11 is 0. The number of hydrogen-bond acceptors (Lipinski definition) is 2. The van der Waals surface area contributed by atoms with Crippen LogP contribution >= 0.6 is 0 Å². The smallest absolute Gasteiger partial charge is 0.223 e. The number of benzene rings is 1. The second kappa shape index (κ2) is 5.64. The normalized spacial score (nSPS) is 17.7. The van der Waals surface area contributed by atoms with Crippen molar-refractivity contribution in [2.24, 2.45) is 5.92 Å². The van der Waals surface area contributed by atoms with Gasteiger partial charge < -0.3 is 10.1 Å². The maximum absolute atomic E-state index is 11.6. The highest BCUT2D eigenvalue weighted by Gasteiger charge is 2.24. The summed E-state index contributed by atoms with van der Waals surface area (Å²) in [6.45, 7) is 1.16. The van der Waals surface area contributed by atoms with E-state index in [-0.39, 0.29) is 11.8 Å². The van der Waals surface area contributed by atoms with E-state index in [4.69, 9.17) is 4.74 Å². The van der Waals surface area contributed by atoms with Crippen molar-refractivity contribution in [3.63, 3.8) is 0 Å². The molecule has 0 bridgehead atoms. The molecule has 3 nitrogen and oxygen atoms in total. The third-order valence-corrected chi connectivity index (χ3v) is 4.22. The third-order valence-electron chi connectivity index (χ3n) is 4.22. The maximum Gasteiger partial charge on any atom is 0.223 e. The summed E-state index contributed by atoms with van der Waals surface area (Å²) in [5.41, 5.74) is 2.89. The van der Waals surface area contributed by atoms with E-state index in [0.29, 0.717) is 13.2 Å². The molecule has 0 saturated heterocycles. The molecule has 19 heavy (non-hydrogen) atoms. The average molecular weight is 259 g/mol. The number of carbonyl (C=O) groups excluding carboxylic acids is 1. The summed E-state index contributed by atoms with van der Waals surface area (Å²) in [7, 11) is 0. The Balaban J connectivity index is 1.41. The summed E-state index contributed by atoms with van der Waals surface area (Å²) in [6, 6.07) is 6.36. The minimum Gasteiger partial charge on any atom is -0.492 e. The first-order chi connectivity index (χ1) is 9.33. The Morgan fingerprint density at radius 3 is 2.84 bits per heavy atom. The predicted molar refractivity (Wildman–Crippen MR) is 74.3 cm³/mol. The molecule has 3 heteroatoms. The molecule has 1 amide bonds. The standard InChI is InChI=1S/C16H21NO2/c18-16(13-4-2-5-13)17-9-10-19-15-8-7-12-3-1-6-14(12)11-15/h7-8,11,13H,1-6,9-10H2,(H,17,18). The van der Waals surface area contributed by atoms with Crippen LogP contribution in [-0.2, 0) is 17.6 Å². The number of carbonyl (C=O) groups is 1. The summed E-state index contributed by atoms with van der Waals surface area (Å²) in [5.74, 6) is 1.39. The Bertz CT molecular complexity index is 466. The van der Waals surface area contributed by atoms with Crippen LogP contribution in [0.1, 0.15) is 36.8 Å². The summed E-state index contributed by atoms with van der Waals surface area (Å²) in [5, 5.41) is 2.94. The Morgan fingerprint density at radius 1 is 1.21 bits per heavy atom. The van der Waals surface area contributed by atoms with Crippen LogP contribution in [0.15, 0.2) is 18.2 Å². The molecular weight excluding hydrogens is 238 g/mol. The van der Waals surface area contributed by atoms with E-state index >= 15 is 0 Å². The van der Waals surface area contributed by atoms with E-state index in [2.05, 4.69) is 17.4 Å². The van der Waals surface area contributed by atoms with Gasteiger partial charge >= 0.3 is 0 Å². The highest BCUT2D eigenvalue weighted by Crippen LogP contribution is 2.26. The molecule has 1 saturated carbocycles. The van der Waals surface area contributed by atoms with Crippen LogP contribution in [0.3, 0.4) is 0 Å². The lowest BCUT2D eigenvalue weighted by atomic mass is 9.85. The first kappa shape index (κ1) is 12.5. The molecule has 0 atom stereocenters. The van der Waals surface area contributed by atoms with Crippen molar-refractivity contribution in [2.45, 2.75) is 38.5 Å². The molecule has 3 rings (SSSR count). The zero-order valence-corrected chi connectivity index (χ0v) is 11.3. The third kappa shape index (κ3) is 2.91. The van der Waals surface area contributed by atoms with Crippen molar-refractivity contribution in [1.82, 2.24) is 5.32 Å². The molecule has 1 aromatic carbocycles. The quantitative estimate of drug-likeness (QED) is 0.825. The van der Waals surface area contributed by atoms with Gasteiger partial charge in [0, 0.05) is 5.92 Å². The van der Waals surface area contributed by atoms with E-state index in [1.54, 1.807) is 0 Å². The largest absolute Gasteiger partial charge is 0.492 e. The van der Waals surface area contributed by atoms with Gasteiger partial charge in [0.2, 0.25) is 5.91 Å². The topological polar surface area (TPSA) is 38.3 Å². The van der Waals surface area contributed by atoms with Gasteiger partial charge in [-0.25, -0.2) is 0 Å². The molecule has 2 aliphatic carbocycles. The second-order valence-electron chi connectivity index (χ2n) is 5.55. The Kier molecular flexibility index (Phi) is 3.72. The van der Waals surface area contributed by atoms with Crippen molar-refractivity contribution in [1.29, 1.82) is 0 Å². The summed E-state index contributed by atoms with van der Waals surface area (Å²) in [6.07, 6.45) is 6.94. The summed E-state index contributed by atoms with van der Waals surface area (Å²) in [4.78, 5) is 11.6. The van der Waals surface area contributed by atoms with Crippen molar-refractivity contribution in [3.05, 3.63) is 29.3 Å². The predicted octanol–water partition coefficient (Wildman–Crippen LogP) is 2.47. The molecule has 0 aromatic heterocycles. The molecule has 0 aliphatic heterocycles. The van der Waals surface area contributed by atoms with Gasteiger partial charge in [-0.2, -0.15) is 0 Å². The zero-order valence-electron chi connectivity index (χ0n) is 11.3. The lowest BCUT2D eigenvalue weighted by molar-refractivity contribution is -0.127. The van der Waals surface area contributed by atoms with Crippen molar-refractivity contribution in [2.75, 3.05) is 13.2 Å². The van der Waals surface area contributed by atoms with Crippen LogP contribution in [0.2, 0.25) is 0 Å². The number of ether oxygens (including phenoxy) is 1. The van der Waals surface area contributed by atoms with E-state index in [1.807, 2.05) is 6.07 Å². The van der Waals surface area contributed by atoms with Crippen LogP contribution in [0.5, 0.6) is 5.75 Å². The average Bonchev–Trinajstić information content (AvgIpc) is 2.79. The van der Waals surface area contributed by atoms with Crippen LogP contribution in [0.25, 0.3) is 0 Å². The minimum absolute atomic E-state index is 0.198. The van der Waals surface area contributed by atoms with E-state index in [9.17, 15) is 4.79 Å². The highest BCUT2D eigenvalue weighted by molar-refractivity contribution is 5.79. The van der Waals surface area contributed by atoms with Crippen molar-refractivity contribution >= 4 is 5.91 Å². The number of aryl methyl sites for hydroxylation is 2. The fourth-order valence-corrected chi connectivity index (χ4v) is 2.80. The molecule has 0 radical (unpaired) electrons. The molecule has 0 unspecified atom stereocenters. The van der Waals surface area contributed by atoms with E-state index in [0.717, 1.165) is 18.6 Å². The molecule has 102 valence electrons. The van der Waals surface area contributed by atoms with Crippen LogP contribution in [0.4, 0.5) is 0 Å². The lowest BCUT2D eigenvalue weighted by Gasteiger charge is -2.24.